The van der Waals surface area contributed by atoms with Gasteiger partial charge in [0.05, 0.1) is 26.9 Å². The van der Waals surface area contributed by atoms with Gasteiger partial charge < -0.3 is 18.7 Å². The molecule has 0 amide bonds. The lowest BCUT2D eigenvalue weighted by Gasteiger charge is -2.14. The highest BCUT2D eigenvalue weighted by atomic mass is 16.5. The SMILES string of the molecule is CCCc1ccc(-c2conc2-c2cc(OC)cc(OC)c2OC)cc1. The Bertz CT molecular complexity index is 868. The molecule has 0 aliphatic carbocycles. The fraction of sp³-hybridized carbons (Fsp3) is 0.286. The highest BCUT2D eigenvalue weighted by Gasteiger charge is 2.21. The van der Waals surface area contributed by atoms with Gasteiger partial charge in [0.25, 0.3) is 0 Å². The molecule has 0 atom stereocenters. The molecule has 0 N–H and O–H groups in total. The maximum Gasteiger partial charge on any atom is 0.170 e. The Balaban J connectivity index is 2.11. The van der Waals surface area contributed by atoms with Crippen molar-refractivity contribution in [1.29, 1.82) is 0 Å². The maximum atomic E-state index is 5.57. The molecule has 0 radical (unpaired) electrons. The minimum Gasteiger partial charge on any atom is -0.497 e. The molecule has 0 fully saturated rings. The third-order valence-electron chi connectivity index (χ3n) is 4.32. The van der Waals surface area contributed by atoms with Gasteiger partial charge in [0.1, 0.15) is 17.7 Å². The second-order valence-electron chi connectivity index (χ2n) is 5.93. The van der Waals surface area contributed by atoms with Crippen LogP contribution in [0.3, 0.4) is 0 Å². The Morgan fingerprint density at radius 1 is 0.923 bits per heavy atom. The van der Waals surface area contributed by atoms with Crippen molar-refractivity contribution in [3.63, 3.8) is 0 Å². The Labute approximate surface area is 153 Å². The standard InChI is InChI=1S/C21H23NO4/c1-5-6-14-7-9-15(10-8-14)18-13-26-22-20(18)17-11-16(23-2)12-19(24-3)21(17)25-4/h7-13H,5-6H2,1-4H3. The van der Waals surface area contributed by atoms with Gasteiger partial charge in [-0.25, -0.2) is 0 Å². The first-order valence-electron chi connectivity index (χ1n) is 8.55. The number of rotatable bonds is 7. The van der Waals surface area contributed by atoms with Crippen molar-refractivity contribution in [3.8, 4) is 39.6 Å². The monoisotopic (exact) mass is 353 g/mol. The summed E-state index contributed by atoms with van der Waals surface area (Å²) in [6, 6.07) is 12.1. The zero-order chi connectivity index (χ0) is 18.5. The van der Waals surface area contributed by atoms with E-state index in [-0.39, 0.29) is 0 Å². The van der Waals surface area contributed by atoms with E-state index in [1.54, 1.807) is 33.7 Å². The molecule has 0 aliphatic rings. The largest absolute Gasteiger partial charge is 0.497 e. The van der Waals surface area contributed by atoms with Gasteiger partial charge in [-0.2, -0.15) is 0 Å². The van der Waals surface area contributed by atoms with Gasteiger partial charge in [0.15, 0.2) is 11.5 Å². The molecule has 1 aromatic heterocycles. The molecule has 26 heavy (non-hydrogen) atoms. The highest BCUT2D eigenvalue weighted by Crippen LogP contribution is 2.44. The summed E-state index contributed by atoms with van der Waals surface area (Å²) in [4.78, 5) is 0. The highest BCUT2D eigenvalue weighted by molar-refractivity contribution is 5.85. The summed E-state index contributed by atoms with van der Waals surface area (Å²) in [5, 5.41) is 4.21. The van der Waals surface area contributed by atoms with Crippen LogP contribution in [0.2, 0.25) is 0 Å². The minimum atomic E-state index is 0.578. The van der Waals surface area contributed by atoms with E-state index in [2.05, 4.69) is 36.3 Å². The number of hydrogen-bond donors (Lipinski definition) is 0. The predicted octanol–water partition coefficient (Wildman–Crippen LogP) is 4.99. The molecule has 0 saturated heterocycles. The van der Waals surface area contributed by atoms with Crippen LogP contribution in [0.25, 0.3) is 22.4 Å². The van der Waals surface area contributed by atoms with E-state index < -0.39 is 0 Å². The third-order valence-corrected chi connectivity index (χ3v) is 4.32. The summed E-state index contributed by atoms with van der Waals surface area (Å²) in [5.41, 5.74) is 4.67. The smallest absolute Gasteiger partial charge is 0.170 e. The first-order chi connectivity index (χ1) is 12.7. The van der Waals surface area contributed by atoms with Crippen molar-refractivity contribution in [2.24, 2.45) is 0 Å². The fourth-order valence-corrected chi connectivity index (χ4v) is 3.01. The van der Waals surface area contributed by atoms with Crippen molar-refractivity contribution in [2.45, 2.75) is 19.8 Å². The molecule has 5 nitrogen and oxygen atoms in total. The number of aryl methyl sites for hydroxylation is 1. The lowest BCUT2D eigenvalue weighted by molar-refractivity contribution is 0.349. The summed E-state index contributed by atoms with van der Waals surface area (Å²) in [7, 11) is 4.81. The molecule has 136 valence electrons. The first-order valence-corrected chi connectivity index (χ1v) is 8.55. The molecule has 1 heterocycles. The number of hydrogen-bond acceptors (Lipinski definition) is 5. The van der Waals surface area contributed by atoms with Crippen LogP contribution in [-0.2, 0) is 6.42 Å². The molecular weight excluding hydrogens is 330 g/mol. The van der Waals surface area contributed by atoms with E-state index in [1.807, 2.05) is 6.07 Å². The summed E-state index contributed by atoms with van der Waals surface area (Å²) in [6.07, 6.45) is 3.84. The van der Waals surface area contributed by atoms with E-state index in [4.69, 9.17) is 18.7 Å². The Hall–Kier alpha value is -2.95. The zero-order valence-corrected chi connectivity index (χ0v) is 15.5. The van der Waals surface area contributed by atoms with Gasteiger partial charge >= 0.3 is 0 Å². The van der Waals surface area contributed by atoms with E-state index in [1.165, 1.54) is 5.56 Å². The van der Waals surface area contributed by atoms with Crippen LogP contribution in [-0.4, -0.2) is 26.5 Å². The number of methoxy groups -OCH3 is 3. The van der Waals surface area contributed by atoms with Gasteiger partial charge in [-0.3, -0.25) is 0 Å². The number of ether oxygens (including phenoxy) is 3. The molecule has 0 aliphatic heterocycles. The van der Waals surface area contributed by atoms with Gasteiger partial charge in [-0.1, -0.05) is 42.8 Å². The summed E-state index contributed by atoms with van der Waals surface area (Å²) >= 11 is 0. The summed E-state index contributed by atoms with van der Waals surface area (Å²) < 4.78 is 21.7. The molecule has 0 saturated carbocycles. The average molecular weight is 353 g/mol. The molecular formula is C21H23NO4. The van der Waals surface area contributed by atoms with Crippen molar-refractivity contribution in [1.82, 2.24) is 5.16 Å². The van der Waals surface area contributed by atoms with Gasteiger partial charge in [0.2, 0.25) is 0 Å². The summed E-state index contributed by atoms with van der Waals surface area (Å²) in [5.74, 6) is 1.82. The molecule has 3 rings (SSSR count). The predicted molar refractivity (Wildman–Crippen MR) is 101 cm³/mol. The minimum absolute atomic E-state index is 0.578. The van der Waals surface area contributed by atoms with Crippen LogP contribution < -0.4 is 14.2 Å². The second kappa shape index (κ2) is 7.95. The molecule has 3 aromatic rings. The van der Waals surface area contributed by atoms with E-state index in [9.17, 15) is 0 Å². The first kappa shape index (κ1) is 17.9. The fourth-order valence-electron chi connectivity index (χ4n) is 3.01. The van der Waals surface area contributed by atoms with Crippen molar-refractivity contribution in [3.05, 3.63) is 48.2 Å². The van der Waals surface area contributed by atoms with Crippen LogP contribution >= 0.6 is 0 Å². The Morgan fingerprint density at radius 3 is 2.31 bits per heavy atom. The number of aromatic nitrogens is 1. The third kappa shape index (κ3) is 3.38. The van der Waals surface area contributed by atoms with E-state index in [0.29, 0.717) is 22.9 Å². The van der Waals surface area contributed by atoms with Crippen molar-refractivity contribution < 1.29 is 18.7 Å². The molecule has 5 heteroatoms. The normalized spacial score (nSPS) is 10.6. The van der Waals surface area contributed by atoms with Gasteiger partial charge in [0, 0.05) is 11.6 Å². The van der Waals surface area contributed by atoms with E-state index in [0.717, 1.165) is 29.5 Å². The van der Waals surface area contributed by atoms with Crippen LogP contribution in [0, 0.1) is 0 Å². The molecule has 2 aromatic carbocycles. The quantitative estimate of drug-likeness (QED) is 0.599. The van der Waals surface area contributed by atoms with Gasteiger partial charge in [-0.15, -0.1) is 0 Å². The van der Waals surface area contributed by atoms with Crippen LogP contribution in [0.4, 0.5) is 0 Å². The average Bonchev–Trinajstić information content (AvgIpc) is 3.17. The van der Waals surface area contributed by atoms with Crippen LogP contribution in [0.15, 0.2) is 47.2 Å². The molecule has 0 spiro atoms. The van der Waals surface area contributed by atoms with Gasteiger partial charge in [-0.05, 0) is 23.6 Å². The molecule has 0 bridgehead atoms. The molecule has 0 unspecified atom stereocenters. The lowest BCUT2D eigenvalue weighted by atomic mass is 9.99. The second-order valence-corrected chi connectivity index (χ2v) is 5.93. The zero-order valence-electron chi connectivity index (χ0n) is 15.5. The maximum absolute atomic E-state index is 5.57. The Morgan fingerprint density at radius 2 is 1.69 bits per heavy atom. The van der Waals surface area contributed by atoms with E-state index >= 15 is 0 Å². The van der Waals surface area contributed by atoms with Crippen molar-refractivity contribution >= 4 is 0 Å². The summed E-state index contributed by atoms with van der Waals surface area (Å²) in [6.45, 7) is 2.18. The Kier molecular flexibility index (Phi) is 5.46. The number of benzene rings is 2. The number of nitrogens with zero attached hydrogens (tertiary/aromatic N) is 1. The topological polar surface area (TPSA) is 53.7 Å². The lowest BCUT2D eigenvalue weighted by Crippen LogP contribution is -1.96. The van der Waals surface area contributed by atoms with Crippen LogP contribution in [0.5, 0.6) is 17.2 Å². The van der Waals surface area contributed by atoms with Crippen molar-refractivity contribution in [2.75, 3.05) is 21.3 Å². The van der Waals surface area contributed by atoms with Crippen LogP contribution in [0.1, 0.15) is 18.9 Å².